The van der Waals surface area contributed by atoms with Crippen LogP contribution in [0.25, 0.3) is 0 Å². The zero-order chi connectivity index (χ0) is 47.6. The summed E-state index contributed by atoms with van der Waals surface area (Å²) in [5.74, 6) is 0.0811. The highest BCUT2D eigenvalue weighted by molar-refractivity contribution is 7.09. The summed E-state index contributed by atoms with van der Waals surface area (Å²) in [5.41, 5.74) is 1.87. The Hall–Kier alpha value is -4.35. The summed E-state index contributed by atoms with van der Waals surface area (Å²) >= 11 is 3.23. The molecule has 0 saturated carbocycles. The second-order valence-electron chi connectivity index (χ2n) is 17.6. The molecule has 0 aliphatic carbocycles. The zero-order valence-electron chi connectivity index (χ0n) is 38.5. The van der Waals surface area contributed by atoms with Crippen LogP contribution in [0.2, 0.25) is 0 Å². The number of thiazole rings is 2. The smallest absolute Gasteiger partial charge is 0.444 e. The minimum Gasteiger partial charge on any atom is -0.444 e. The Bertz CT molecular complexity index is 1990. The van der Waals surface area contributed by atoms with Crippen LogP contribution in [0, 0.1) is 11.8 Å². The predicted molar refractivity (Wildman–Crippen MR) is 248 cm³/mol. The minimum atomic E-state index is -4.64. The molecule has 1 amide bonds. The van der Waals surface area contributed by atoms with Crippen molar-refractivity contribution in [1.29, 1.82) is 0 Å². The highest BCUT2D eigenvalue weighted by atomic mass is 32.1. The van der Waals surface area contributed by atoms with Gasteiger partial charge in [-0.25, -0.2) is 14.8 Å². The predicted octanol–water partition coefficient (Wildman–Crippen LogP) is 10.1. The molecule has 0 radical (unpaired) electrons. The van der Waals surface area contributed by atoms with Crippen molar-refractivity contribution in [2.45, 2.75) is 134 Å². The molecule has 65 heavy (non-hydrogen) atoms. The third-order valence-corrected chi connectivity index (χ3v) is 13.5. The molecule has 4 heterocycles. The number of hydrogen-bond donors (Lipinski definition) is 1. The summed E-state index contributed by atoms with van der Waals surface area (Å²) in [6.07, 6.45) is 3.56. The van der Waals surface area contributed by atoms with Gasteiger partial charge in [-0.3, -0.25) is 14.4 Å². The SMILES string of the molecule is CO[C@@H]([C@@H]1CCCN1)[C@@H](C)C(=O)C[C@@H](Cc1ccccc1)c1nccs1.CO[C@H]([C@@H](C)C(=O)C[C@@H](Cc1ccccc1)c1nccs1)[C@@H]1CCCN1C(=O)OC(C)(C)C.O=CC(F)(F)F. The van der Waals surface area contributed by atoms with Crippen LogP contribution >= 0.6 is 22.7 Å². The van der Waals surface area contributed by atoms with Crippen molar-refractivity contribution in [3.63, 3.8) is 0 Å². The van der Waals surface area contributed by atoms with Gasteiger partial charge in [-0.1, -0.05) is 74.5 Å². The van der Waals surface area contributed by atoms with Gasteiger partial charge >= 0.3 is 12.3 Å². The number of methoxy groups -OCH3 is 2. The molecule has 0 spiro atoms. The van der Waals surface area contributed by atoms with Crippen LogP contribution in [-0.4, -0.2) is 102 Å². The number of ketones is 2. The highest BCUT2D eigenvalue weighted by Crippen LogP contribution is 2.33. The van der Waals surface area contributed by atoms with E-state index in [2.05, 4.69) is 39.6 Å². The van der Waals surface area contributed by atoms with Crippen molar-refractivity contribution in [2.75, 3.05) is 27.3 Å². The number of carbonyl (C=O) groups is 4. The van der Waals surface area contributed by atoms with Crippen LogP contribution < -0.4 is 5.32 Å². The van der Waals surface area contributed by atoms with Crippen molar-refractivity contribution < 1.29 is 46.6 Å². The van der Waals surface area contributed by atoms with Crippen molar-refractivity contribution in [3.8, 4) is 0 Å². The Morgan fingerprint density at radius 1 is 0.785 bits per heavy atom. The number of nitrogens with zero attached hydrogens (tertiary/aromatic N) is 3. The van der Waals surface area contributed by atoms with E-state index in [9.17, 15) is 27.6 Å². The van der Waals surface area contributed by atoms with Gasteiger partial charge in [-0.05, 0) is 77.0 Å². The van der Waals surface area contributed by atoms with Crippen LogP contribution in [0.15, 0.2) is 83.8 Å². The van der Waals surface area contributed by atoms with E-state index in [0.717, 1.165) is 55.1 Å². The number of likely N-dealkylation sites (tertiary alicyclic amines) is 1. The van der Waals surface area contributed by atoms with E-state index in [1.807, 2.05) is 88.0 Å². The number of ether oxygens (including phenoxy) is 3. The topological polar surface area (TPSA) is 137 Å². The average molecular weight is 943 g/mol. The van der Waals surface area contributed by atoms with E-state index in [0.29, 0.717) is 19.4 Å². The Kier molecular flexibility index (Phi) is 21.4. The Balaban J connectivity index is 0.000000258. The summed E-state index contributed by atoms with van der Waals surface area (Å²) in [6.45, 7) is 11.2. The van der Waals surface area contributed by atoms with E-state index < -0.39 is 18.1 Å². The van der Waals surface area contributed by atoms with E-state index in [1.165, 1.54) is 11.1 Å². The number of Topliss-reactive ketones (excluding diaryl/α,β-unsaturated/α-hetero) is 2. The summed E-state index contributed by atoms with van der Waals surface area (Å²) in [6, 6.07) is 20.7. The molecule has 356 valence electrons. The maximum atomic E-state index is 13.5. The number of alkyl halides is 3. The van der Waals surface area contributed by atoms with E-state index >= 15 is 0 Å². The molecule has 2 aromatic heterocycles. The monoisotopic (exact) mass is 942 g/mol. The molecule has 6 rings (SSSR count). The molecular weight excluding hydrogens is 878 g/mol. The number of amides is 1. The summed E-state index contributed by atoms with van der Waals surface area (Å²) in [7, 11) is 3.35. The first-order chi connectivity index (χ1) is 30.9. The largest absolute Gasteiger partial charge is 0.446 e. The molecule has 11 nitrogen and oxygen atoms in total. The Labute approximate surface area is 389 Å². The molecule has 0 unspecified atom stereocenters. The zero-order valence-corrected chi connectivity index (χ0v) is 40.1. The summed E-state index contributed by atoms with van der Waals surface area (Å²) < 4.78 is 48.4. The van der Waals surface area contributed by atoms with Crippen LogP contribution in [0.4, 0.5) is 18.0 Å². The third-order valence-electron chi connectivity index (χ3n) is 11.6. The first kappa shape index (κ1) is 53.3. The van der Waals surface area contributed by atoms with Crippen molar-refractivity contribution in [2.24, 2.45) is 11.8 Å². The van der Waals surface area contributed by atoms with Gasteiger partial charge in [0.05, 0.1) is 28.3 Å². The number of rotatable bonds is 18. The number of halogens is 3. The number of aromatic nitrogens is 2. The van der Waals surface area contributed by atoms with E-state index in [-0.39, 0.29) is 65.6 Å². The maximum Gasteiger partial charge on any atom is 0.446 e. The van der Waals surface area contributed by atoms with Gasteiger partial charge < -0.3 is 24.4 Å². The van der Waals surface area contributed by atoms with Gasteiger partial charge in [-0.2, -0.15) is 13.2 Å². The fourth-order valence-corrected chi connectivity index (χ4v) is 9.96. The third kappa shape index (κ3) is 17.4. The Morgan fingerprint density at radius 2 is 1.26 bits per heavy atom. The molecule has 2 fully saturated rings. The molecule has 2 aliphatic heterocycles. The van der Waals surface area contributed by atoms with Gasteiger partial charge in [-0.15, -0.1) is 22.7 Å². The Morgan fingerprint density at radius 3 is 1.65 bits per heavy atom. The van der Waals surface area contributed by atoms with E-state index in [1.54, 1.807) is 48.0 Å². The molecular formula is C49H65F3N4O7S2. The van der Waals surface area contributed by atoms with Crippen LogP contribution in [-0.2, 0) is 41.4 Å². The fraction of sp³-hybridized carbons (Fsp3) is 0.551. The van der Waals surface area contributed by atoms with Gasteiger partial charge in [0.25, 0.3) is 0 Å². The van der Waals surface area contributed by atoms with Gasteiger partial charge in [0, 0.05) is 86.5 Å². The van der Waals surface area contributed by atoms with E-state index in [4.69, 9.17) is 19.0 Å². The molecule has 2 aromatic carbocycles. The lowest BCUT2D eigenvalue weighted by molar-refractivity contribution is -0.156. The van der Waals surface area contributed by atoms with Gasteiger partial charge in [0.2, 0.25) is 6.29 Å². The number of aldehydes is 1. The average Bonchev–Trinajstić information content (AvgIpc) is 4.13. The van der Waals surface area contributed by atoms with Crippen molar-refractivity contribution in [3.05, 3.63) is 105 Å². The molecule has 16 heteroatoms. The number of nitrogens with one attached hydrogen (secondary N) is 1. The second-order valence-corrected chi connectivity index (χ2v) is 19.4. The van der Waals surface area contributed by atoms with Crippen LogP contribution in [0.3, 0.4) is 0 Å². The number of carbonyl (C=O) groups excluding carboxylic acids is 4. The molecule has 1 N–H and O–H groups in total. The lowest BCUT2D eigenvalue weighted by Crippen LogP contribution is -2.49. The fourth-order valence-electron chi connectivity index (χ4n) is 8.47. The standard InChI is InChI=1S/C26H36N2O4S.C21H28N2O2S.C2HF3O/c1-18(23(31-5)21-12-9-14-28(21)25(30)32-26(2,3)4)22(29)17-20(24-27-13-15-33-24)16-19-10-7-6-8-11-19;1-15(20(25-2)18-9-6-10-22-18)19(24)14-17(21-23-11-12-26-21)13-16-7-4-3-5-8-16;3-2(4,5)1-6/h6-8,10-11,13,15,18,20-21,23H,9,12,14,16-17H2,1-5H3;3-5,7-8,11-12,15,17-18,20,22H,6,9-10,13-14H2,1-2H3;1H/t18-,20+,21-,23+;15-,17+,18-,20+;/m00./s1. The quantitative estimate of drug-likeness (QED) is 0.0960. The first-order valence-corrected chi connectivity index (χ1v) is 23.9. The number of hydrogen-bond acceptors (Lipinski definition) is 12. The second kappa shape index (κ2) is 26.1. The van der Waals surface area contributed by atoms with Crippen LogP contribution in [0.1, 0.15) is 106 Å². The number of benzene rings is 2. The highest BCUT2D eigenvalue weighted by Gasteiger charge is 2.42. The molecule has 4 aromatic rings. The lowest BCUT2D eigenvalue weighted by Gasteiger charge is -2.35. The first-order valence-electron chi connectivity index (χ1n) is 22.2. The molecule has 8 atom stereocenters. The molecule has 2 saturated heterocycles. The normalized spacial score (nSPS) is 19.0. The summed E-state index contributed by atoms with van der Waals surface area (Å²) in [5, 5.41) is 9.44. The van der Waals surface area contributed by atoms with Gasteiger partial charge in [0.1, 0.15) is 17.2 Å². The summed E-state index contributed by atoms with van der Waals surface area (Å²) in [4.78, 5) is 58.7. The van der Waals surface area contributed by atoms with Crippen molar-refractivity contribution >= 4 is 46.6 Å². The minimum absolute atomic E-state index is 0.0189. The van der Waals surface area contributed by atoms with Crippen LogP contribution in [0.5, 0.6) is 0 Å². The van der Waals surface area contributed by atoms with Crippen molar-refractivity contribution in [1.82, 2.24) is 20.2 Å². The molecule has 0 bridgehead atoms. The molecule has 2 aliphatic rings. The lowest BCUT2D eigenvalue weighted by atomic mass is 9.86. The van der Waals surface area contributed by atoms with Gasteiger partial charge in [0.15, 0.2) is 0 Å². The maximum absolute atomic E-state index is 13.5.